The fourth-order valence-electron chi connectivity index (χ4n) is 1.93. The van der Waals surface area contributed by atoms with Crippen LogP contribution in [0.4, 0.5) is 5.69 Å². The Morgan fingerprint density at radius 3 is 2.69 bits per heavy atom. The highest BCUT2D eigenvalue weighted by atomic mass is 14.6. The fraction of sp³-hybridized carbons (Fsp3) is 0.500. The zero-order valence-electron chi connectivity index (χ0n) is 8.22. The van der Waals surface area contributed by atoms with Crippen molar-refractivity contribution < 1.29 is 0 Å². The maximum Gasteiger partial charge on any atom is 0.0346 e. The van der Waals surface area contributed by atoms with E-state index >= 15 is 0 Å². The van der Waals surface area contributed by atoms with Crippen LogP contribution in [0.2, 0.25) is 0 Å². The first kappa shape index (κ1) is 8.61. The highest BCUT2D eigenvalue weighted by molar-refractivity contribution is 5.49. The summed E-state index contributed by atoms with van der Waals surface area (Å²) in [5.41, 5.74) is 9.62. The van der Waals surface area contributed by atoms with E-state index in [0.29, 0.717) is 0 Å². The third-order valence-electron chi connectivity index (χ3n) is 3.12. The molecule has 0 aromatic heterocycles. The zero-order chi connectivity index (χ0) is 9.26. The summed E-state index contributed by atoms with van der Waals surface area (Å²) in [4.78, 5) is 0. The first-order valence-corrected chi connectivity index (χ1v) is 5.19. The van der Waals surface area contributed by atoms with Gasteiger partial charge >= 0.3 is 0 Å². The summed E-state index contributed by atoms with van der Waals surface area (Å²) in [6, 6.07) is 6.55. The van der Waals surface area contributed by atoms with Crippen LogP contribution in [-0.4, -0.2) is 0 Å². The van der Waals surface area contributed by atoms with E-state index in [4.69, 9.17) is 5.73 Å². The molecule has 1 heteroatoms. The standard InChI is InChI=1S/C12H17N/c1-2-9-8-11(6-7-12(9)13)10-4-3-5-10/h6-8,10H,2-5,13H2,1H3. The molecule has 1 aromatic carbocycles. The second-order valence-electron chi connectivity index (χ2n) is 3.94. The van der Waals surface area contributed by atoms with Gasteiger partial charge in [0.25, 0.3) is 0 Å². The van der Waals surface area contributed by atoms with Gasteiger partial charge in [0, 0.05) is 5.69 Å². The van der Waals surface area contributed by atoms with Gasteiger partial charge in [-0.15, -0.1) is 0 Å². The minimum atomic E-state index is 0.825. The SMILES string of the molecule is CCc1cc(C2CCC2)ccc1N. The summed E-state index contributed by atoms with van der Waals surface area (Å²) in [5, 5.41) is 0. The smallest absolute Gasteiger partial charge is 0.0346 e. The molecule has 13 heavy (non-hydrogen) atoms. The van der Waals surface area contributed by atoms with Crippen LogP contribution in [0.15, 0.2) is 18.2 Å². The first-order chi connectivity index (χ1) is 6.31. The van der Waals surface area contributed by atoms with Crippen molar-refractivity contribution in [3.63, 3.8) is 0 Å². The quantitative estimate of drug-likeness (QED) is 0.687. The average molecular weight is 175 g/mol. The Kier molecular flexibility index (Phi) is 2.26. The van der Waals surface area contributed by atoms with E-state index in [2.05, 4.69) is 25.1 Å². The summed E-state index contributed by atoms with van der Waals surface area (Å²) in [7, 11) is 0. The van der Waals surface area contributed by atoms with Crippen LogP contribution in [0.3, 0.4) is 0 Å². The van der Waals surface area contributed by atoms with E-state index in [1.807, 2.05) is 0 Å². The van der Waals surface area contributed by atoms with Gasteiger partial charge in [-0.05, 0) is 42.4 Å². The lowest BCUT2D eigenvalue weighted by molar-refractivity contribution is 0.419. The van der Waals surface area contributed by atoms with Crippen LogP contribution in [0.25, 0.3) is 0 Å². The lowest BCUT2D eigenvalue weighted by atomic mass is 9.79. The Labute approximate surface area is 80.0 Å². The van der Waals surface area contributed by atoms with Crippen molar-refractivity contribution in [1.29, 1.82) is 0 Å². The van der Waals surface area contributed by atoms with Crippen molar-refractivity contribution in [3.8, 4) is 0 Å². The molecular formula is C12H17N. The van der Waals surface area contributed by atoms with E-state index in [-0.39, 0.29) is 0 Å². The molecule has 1 aliphatic carbocycles. The molecule has 1 aliphatic rings. The topological polar surface area (TPSA) is 26.0 Å². The monoisotopic (exact) mass is 175 g/mol. The number of anilines is 1. The third-order valence-corrected chi connectivity index (χ3v) is 3.12. The lowest BCUT2D eigenvalue weighted by Gasteiger charge is -2.26. The third kappa shape index (κ3) is 1.55. The molecular weight excluding hydrogens is 158 g/mol. The van der Waals surface area contributed by atoms with Gasteiger partial charge in [-0.3, -0.25) is 0 Å². The van der Waals surface area contributed by atoms with Crippen molar-refractivity contribution >= 4 is 5.69 Å². The predicted octanol–water partition coefficient (Wildman–Crippen LogP) is 3.10. The van der Waals surface area contributed by atoms with Crippen LogP contribution in [-0.2, 0) is 6.42 Å². The van der Waals surface area contributed by atoms with Gasteiger partial charge in [0.1, 0.15) is 0 Å². The summed E-state index contributed by atoms with van der Waals surface area (Å²) in [5.74, 6) is 0.825. The molecule has 2 rings (SSSR count). The number of hydrogen-bond donors (Lipinski definition) is 1. The van der Waals surface area contributed by atoms with Gasteiger partial charge in [-0.25, -0.2) is 0 Å². The lowest BCUT2D eigenvalue weighted by Crippen LogP contribution is -2.09. The average Bonchev–Trinajstić information content (AvgIpc) is 2.05. The van der Waals surface area contributed by atoms with Crippen LogP contribution < -0.4 is 5.73 Å². The normalized spacial score (nSPS) is 17.0. The Morgan fingerprint density at radius 2 is 2.15 bits per heavy atom. The van der Waals surface area contributed by atoms with E-state index in [9.17, 15) is 0 Å². The molecule has 0 bridgehead atoms. The van der Waals surface area contributed by atoms with Gasteiger partial charge in [-0.2, -0.15) is 0 Å². The molecule has 1 nitrogen and oxygen atoms in total. The van der Waals surface area contributed by atoms with Crippen LogP contribution in [0.1, 0.15) is 43.2 Å². The Morgan fingerprint density at radius 1 is 1.38 bits per heavy atom. The molecule has 0 heterocycles. The second-order valence-corrected chi connectivity index (χ2v) is 3.94. The molecule has 2 N–H and O–H groups in total. The molecule has 0 amide bonds. The number of rotatable bonds is 2. The van der Waals surface area contributed by atoms with Gasteiger partial charge in [0.15, 0.2) is 0 Å². The molecule has 1 saturated carbocycles. The van der Waals surface area contributed by atoms with Crippen molar-refractivity contribution in [2.45, 2.75) is 38.5 Å². The minimum Gasteiger partial charge on any atom is -0.399 e. The summed E-state index contributed by atoms with van der Waals surface area (Å²) in [6.45, 7) is 2.16. The molecule has 0 spiro atoms. The minimum absolute atomic E-state index is 0.825. The van der Waals surface area contributed by atoms with Crippen molar-refractivity contribution in [1.82, 2.24) is 0 Å². The van der Waals surface area contributed by atoms with E-state index in [1.54, 1.807) is 0 Å². The summed E-state index contributed by atoms with van der Waals surface area (Å²) in [6.07, 6.45) is 5.18. The van der Waals surface area contributed by atoms with Crippen molar-refractivity contribution in [2.75, 3.05) is 5.73 Å². The molecule has 0 radical (unpaired) electrons. The highest BCUT2D eigenvalue weighted by Crippen LogP contribution is 2.37. The number of hydrogen-bond acceptors (Lipinski definition) is 1. The molecule has 0 aliphatic heterocycles. The molecule has 0 atom stereocenters. The Bertz CT molecular complexity index is 300. The first-order valence-electron chi connectivity index (χ1n) is 5.19. The molecule has 0 saturated heterocycles. The van der Waals surface area contributed by atoms with Gasteiger partial charge in [0.2, 0.25) is 0 Å². The van der Waals surface area contributed by atoms with E-state index in [0.717, 1.165) is 18.0 Å². The fourth-order valence-corrected chi connectivity index (χ4v) is 1.93. The Balaban J connectivity index is 2.26. The van der Waals surface area contributed by atoms with Gasteiger partial charge in [-0.1, -0.05) is 25.5 Å². The van der Waals surface area contributed by atoms with Gasteiger partial charge < -0.3 is 5.73 Å². The number of aryl methyl sites for hydroxylation is 1. The molecule has 1 aromatic rings. The Hall–Kier alpha value is -0.980. The van der Waals surface area contributed by atoms with E-state index < -0.39 is 0 Å². The van der Waals surface area contributed by atoms with Crippen molar-refractivity contribution in [3.05, 3.63) is 29.3 Å². The number of nitrogen functional groups attached to an aromatic ring is 1. The van der Waals surface area contributed by atoms with Crippen LogP contribution in [0, 0.1) is 0 Å². The molecule has 1 fully saturated rings. The predicted molar refractivity (Wildman–Crippen MR) is 56.8 cm³/mol. The second kappa shape index (κ2) is 3.41. The maximum atomic E-state index is 5.86. The van der Waals surface area contributed by atoms with E-state index in [1.165, 1.54) is 30.4 Å². The van der Waals surface area contributed by atoms with Crippen LogP contribution in [0.5, 0.6) is 0 Å². The number of nitrogens with two attached hydrogens (primary N) is 1. The summed E-state index contributed by atoms with van der Waals surface area (Å²) >= 11 is 0. The van der Waals surface area contributed by atoms with Crippen LogP contribution >= 0.6 is 0 Å². The zero-order valence-corrected chi connectivity index (χ0v) is 8.22. The summed E-state index contributed by atoms with van der Waals surface area (Å²) < 4.78 is 0. The largest absolute Gasteiger partial charge is 0.399 e. The van der Waals surface area contributed by atoms with Crippen molar-refractivity contribution in [2.24, 2.45) is 0 Å². The molecule has 70 valence electrons. The molecule has 0 unspecified atom stereocenters. The van der Waals surface area contributed by atoms with Gasteiger partial charge in [0.05, 0.1) is 0 Å². The number of benzene rings is 1. The maximum absolute atomic E-state index is 5.86. The highest BCUT2D eigenvalue weighted by Gasteiger charge is 2.19.